The summed E-state index contributed by atoms with van der Waals surface area (Å²) >= 11 is 3.44. The number of methoxy groups -OCH3 is 2. The minimum absolute atomic E-state index is 0.0713. The number of benzene rings is 2. The van der Waals surface area contributed by atoms with Gasteiger partial charge in [0.15, 0.2) is 17.1 Å². The fraction of sp³-hybridized carbons (Fsp3) is 0.407. The van der Waals surface area contributed by atoms with Crippen LogP contribution in [0.2, 0.25) is 0 Å². The number of amides is 1. The smallest absolute Gasteiger partial charge is 0.307 e. The second kappa shape index (κ2) is 9.93. The van der Waals surface area contributed by atoms with Crippen molar-refractivity contribution in [2.45, 2.75) is 52.0 Å². The molecule has 0 spiro atoms. The monoisotopic (exact) mass is 541 g/mol. The average Bonchev–Trinajstić information content (AvgIpc) is 3.24. The lowest BCUT2D eigenvalue weighted by Gasteiger charge is -2.47. The van der Waals surface area contributed by atoms with Crippen LogP contribution in [0.3, 0.4) is 0 Å². The van der Waals surface area contributed by atoms with Crippen LogP contribution in [-0.2, 0) is 0 Å². The first-order valence-electron chi connectivity index (χ1n) is 11.8. The number of rotatable bonds is 7. The Kier molecular flexibility index (Phi) is 7.12. The van der Waals surface area contributed by atoms with Gasteiger partial charge in [-0.3, -0.25) is 4.79 Å². The third-order valence-electron chi connectivity index (χ3n) is 6.54. The van der Waals surface area contributed by atoms with E-state index in [9.17, 15) is 4.79 Å². The predicted molar refractivity (Wildman–Crippen MR) is 143 cm³/mol. The van der Waals surface area contributed by atoms with Gasteiger partial charge in [0.25, 0.3) is 0 Å². The van der Waals surface area contributed by atoms with Crippen LogP contribution in [0.25, 0.3) is 11.0 Å². The molecule has 186 valence electrons. The van der Waals surface area contributed by atoms with E-state index in [-0.39, 0.29) is 11.3 Å². The van der Waals surface area contributed by atoms with Crippen LogP contribution >= 0.6 is 15.9 Å². The van der Waals surface area contributed by atoms with Crippen LogP contribution in [0.1, 0.15) is 68.1 Å². The summed E-state index contributed by atoms with van der Waals surface area (Å²) in [6, 6.07) is 9.53. The van der Waals surface area contributed by atoms with E-state index in [1.807, 2.05) is 6.07 Å². The maximum atomic E-state index is 12.7. The second-order valence-electron chi connectivity index (χ2n) is 9.56. The number of nitrogens with zero attached hydrogens (tertiary/aromatic N) is 2. The van der Waals surface area contributed by atoms with E-state index < -0.39 is 5.91 Å². The van der Waals surface area contributed by atoms with E-state index in [4.69, 9.17) is 13.9 Å². The van der Waals surface area contributed by atoms with Gasteiger partial charge in [-0.15, -0.1) is 0 Å². The van der Waals surface area contributed by atoms with Crippen molar-refractivity contribution in [2.75, 3.05) is 25.7 Å². The van der Waals surface area contributed by atoms with Crippen molar-refractivity contribution in [3.05, 3.63) is 51.7 Å². The van der Waals surface area contributed by atoms with Crippen LogP contribution in [0.5, 0.6) is 11.5 Å². The van der Waals surface area contributed by atoms with Gasteiger partial charge in [0.1, 0.15) is 5.75 Å². The first-order chi connectivity index (χ1) is 16.7. The van der Waals surface area contributed by atoms with Crippen molar-refractivity contribution in [2.24, 2.45) is 5.10 Å². The first kappa shape index (κ1) is 25.1. The quantitative estimate of drug-likeness (QED) is 0.273. The number of hydrazone groups is 1. The molecule has 7 nitrogen and oxygen atoms in total. The zero-order chi connectivity index (χ0) is 25.3. The topological polar surface area (TPSA) is 76.3 Å². The number of fused-ring (bicyclic) bond motifs is 2. The average molecular weight is 542 g/mol. The molecule has 1 atom stereocenters. The van der Waals surface area contributed by atoms with Gasteiger partial charge >= 0.3 is 5.91 Å². The van der Waals surface area contributed by atoms with Crippen LogP contribution in [0, 0.1) is 0 Å². The van der Waals surface area contributed by atoms with Crippen molar-refractivity contribution in [3.8, 4) is 11.5 Å². The van der Waals surface area contributed by atoms with Crippen LogP contribution in [0.4, 0.5) is 5.69 Å². The minimum Gasteiger partial charge on any atom is -0.496 e. The van der Waals surface area contributed by atoms with Crippen LogP contribution in [0.15, 0.2) is 44.3 Å². The van der Waals surface area contributed by atoms with Gasteiger partial charge in [-0.1, -0.05) is 29.8 Å². The first-order valence-corrected chi connectivity index (χ1v) is 12.6. The van der Waals surface area contributed by atoms with Crippen molar-refractivity contribution in [1.82, 2.24) is 5.43 Å². The largest absolute Gasteiger partial charge is 0.496 e. The van der Waals surface area contributed by atoms with E-state index in [1.54, 1.807) is 32.6 Å². The molecule has 0 fully saturated rings. The SMILES string of the molecule is CCCN1c2cc(OC)c(/C=N\NC(=O)c3cc4cc(Br)cc(OC)c4o3)cc2C(C)CC1(C)C. The molecular weight excluding hydrogens is 510 g/mol. The lowest BCUT2D eigenvalue weighted by molar-refractivity contribution is 0.0929. The number of anilines is 1. The van der Waals surface area contributed by atoms with Gasteiger partial charge in [0.05, 0.1) is 20.4 Å². The van der Waals surface area contributed by atoms with E-state index in [0.29, 0.717) is 23.0 Å². The predicted octanol–water partition coefficient (Wildman–Crippen LogP) is 6.48. The Bertz CT molecular complexity index is 1280. The molecule has 4 rings (SSSR count). The fourth-order valence-corrected chi connectivity index (χ4v) is 5.47. The number of hydrogen-bond donors (Lipinski definition) is 1. The molecule has 2 aromatic carbocycles. The third kappa shape index (κ3) is 4.89. The lowest BCUT2D eigenvalue weighted by atomic mass is 9.79. The molecular formula is C27H32BrN3O4. The molecule has 1 unspecified atom stereocenters. The Labute approximate surface area is 214 Å². The van der Waals surface area contributed by atoms with E-state index >= 15 is 0 Å². The van der Waals surface area contributed by atoms with Gasteiger partial charge in [-0.2, -0.15) is 5.10 Å². The normalized spacial score (nSPS) is 17.0. The molecule has 0 saturated heterocycles. The summed E-state index contributed by atoms with van der Waals surface area (Å²) in [5.41, 5.74) is 6.42. The number of ether oxygens (including phenoxy) is 2. The lowest BCUT2D eigenvalue weighted by Crippen LogP contribution is -2.48. The third-order valence-corrected chi connectivity index (χ3v) is 7.00. The molecule has 2 heterocycles. The highest BCUT2D eigenvalue weighted by Gasteiger charge is 2.36. The maximum absolute atomic E-state index is 12.7. The number of nitrogens with one attached hydrogen (secondary N) is 1. The molecule has 1 aromatic heterocycles. The number of hydrogen-bond acceptors (Lipinski definition) is 6. The van der Waals surface area contributed by atoms with E-state index in [0.717, 1.165) is 34.8 Å². The summed E-state index contributed by atoms with van der Waals surface area (Å²) in [5.74, 6) is 1.36. The molecule has 0 aliphatic carbocycles. The number of carbonyl (C=O) groups is 1. The Morgan fingerprint density at radius 1 is 1.23 bits per heavy atom. The number of furan rings is 1. The molecule has 8 heteroatoms. The summed E-state index contributed by atoms with van der Waals surface area (Å²) in [5, 5.41) is 4.96. The molecule has 0 saturated carbocycles. The Balaban J connectivity index is 1.59. The highest BCUT2D eigenvalue weighted by atomic mass is 79.9. The van der Waals surface area contributed by atoms with E-state index in [2.05, 4.69) is 71.2 Å². The summed E-state index contributed by atoms with van der Waals surface area (Å²) < 4.78 is 17.6. The fourth-order valence-electron chi connectivity index (χ4n) is 5.02. The Morgan fingerprint density at radius 2 is 1.97 bits per heavy atom. The summed E-state index contributed by atoms with van der Waals surface area (Å²) in [6.07, 6.45) is 3.75. The molecule has 1 N–H and O–H groups in total. The zero-order valence-corrected chi connectivity index (χ0v) is 22.7. The Morgan fingerprint density at radius 3 is 2.66 bits per heavy atom. The summed E-state index contributed by atoms with van der Waals surface area (Å²) in [6.45, 7) is 10.0. The van der Waals surface area contributed by atoms with Crippen LogP contribution in [-0.4, -0.2) is 38.4 Å². The zero-order valence-electron chi connectivity index (χ0n) is 21.1. The van der Waals surface area contributed by atoms with Crippen molar-refractivity contribution < 1.29 is 18.7 Å². The highest BCUT2D eigenvalue weighted by Crippen LogP contribution is 2.45. The number of carbonyl (C=O) groups excluding carboxylic acids is 1. The summed E-state index contributed by atoms with van der Waals surface area (Å²) in [7, 11) is 3.21. The van der Waals surface area contributed by atoms with Gasteiger partial charge in [0, 0.05) is 39.3 Å². The standard InChI is InChI=1S/C27H32BrN3O4/c1-7-8-31-21-13-22(33-5)18(10-20(21)16(2)14-27(31,3)4)15-29-30-26(32)24-11-17-9-19(28)12-23(34-6)25(17)35-24/h9-13,15-16H,7-8,14H2,1-6H3,(H,30,32)/b29-15-. The molecule has 1 aliphatic heterocycles. The van der Waals surface area contributed by atoms with Crippen molar-refractivity contribution in [3.63, 3.8) is 0 Å². The molecule has 3 aromatic rings. The summed E-state index contributed by atoms with van der Waals surface area (Å²) in [4.78, 5) is 15.2. The van der Waals surface area contributed by atoms with Crippen LogP contribution < -0.4 is 19.8 Å². The van der Waals surface area contributed by atoms with Crippen molar-refractivity contribution in [1.29, 1.82) is 0 Å². The van der Waals surface area contributed by atoms with Gasteiger partial charge < -0.3 is 18.8 Å². The molecule has 0 bridgehead atoms. The molecule has 1 amide bonds. The number of halogens is 1. The molecule has 1 aliphatic rings. The van der Waals surface area contributed by atoms with Gasteiger partial charge in [-0.05, 0) is 62.4 Å². The van der Waals surface area contributed by atoms with E-state index in [1.165, 1.54) is 11.3 Å². The maximum Gasteiger partial charge on any atom is 0.307 e. The Hall–Kier alpha value is -3.00. The van der Waals surface area contributed by atoms with Gasteiger partial charge in [0.2, 0.25) is 0 Å². The van der Waals surface area contributed by atoms with Crippen molar-refractivity contribution >= 4 is 44.7 Å². The van der Waals surface area contributed by atoms with Gasteiger partial charge in [-0.25, -0.2) is 5.43 Å². The second-order valence-corrected chi connectivity index (χ2v) is 10.5. The highest BCUT2D eigenvalue weighted by molar-refractivity contribution is 9.10. The molecule has 35 heavy (non-hydrogen) atoms. The minimum atomic E-state index is -0.447. The molecule has 0 radical (unpaired) electrons.